The minimum atomic E-state index is -0.0793. The van der Waals surface area contributed by atoms with Crippen molar-refractivity contribution in [2.45, 2.75) is 25.7 Å². The predicted molar refractivity (Wildman–Crippen MR) is 88.0 cm³/mol. The third kappa shape index (κ3) is 4.84. The van der Waals surface area contributed by atoms with Crippen LogP contribution in [0.3, 0.4) is 0 Å². The molecular weight excluding hydrogens is 278 g/mol. The summed E-state index contributed by atoms with van der Waals surface area (Å²) < 4.78 is 0. The second-order valence-electron chi connectivity index (χ2n) is 6.07. The SMILES string of the molecule is CN(C)CC(=O)Nc1cccc(C(=O)N2CCCCCC2)c1. The highest BCUT2D eigenvalue weighted by Gasteiger charge is 2.17. The fourth-order valence-corrected chi connectivity index (χ4v) is 2.67. The third-order valence-electron chi connectivity index (χ3n) is 3.75. The Morgan fingerprint density at radius 1 is 1.14 bits per heavy atom. The molecule has 120 valence electrons. The van der Waals surface area contributed by atoms with Crippen molar-refractivity contribution in [1.82, 2.24) is 9.80 Å². The van der Waals surface area contributed by atoms with Crippen LogP contribution < -0.4 is 5.32 Å². The smallest absolute Gasteiger partial charge is 0.253 e. The fourth-order valence-electron chi connectivity index (χ4n) is 2.67. The van der Waals surface area contributed by atoms with E-state index in [4.69, 9.17) is 0 Å². The van der Waals surface area contributed by atoms with Crippen molar-refractivity contribution in [3.63, 3.8) is 0 Å². The van der Waals surface area contributed by atoms with Gasteiger partial charge in [-0.2, -0.15) is 0 Å². The van der Waals surface area contributed by atoms with Gasteiger partial charge in [-0.1, -0.05) is 18.9 Å². The van der Waals surface area contributed by atoms with Gasteiger partial charge in [0.05, 0.1) is 6.54 Å². The van der Waals surface area contributed by atoms with E-state index in [1.54, 1.807) is 6.07 Å². The molecule has 0 bridgehead atoms. The highest BCUT2D eigenvalue weighted by atomic mass is 16.2. The van der Waals surface area contributed by atoms with E-state index in [0.717, 1.165) is 25.9 Å². The summed E-state index contributed by atoms with van der Waals surface area (Å²) in [5.74, 6) is -0.0185. The molecule has 0 spiro atoms. The summed E-state index contributed by atoms with van der Waals surface area (Å²) in [6, 6.07) is 7.21. The van der Waals surface area contributed by atoms with Crippen LogP contribution >= 0.6 is 0 Å². The molecule has 1 saturated heterocycles. The lowest BCUT2D eigenvalue weighted by Crippen LogP contribution is -2.32. The fraction of sp³-hybridized carbons (Fsp3) is 0.529. The first-order valence-corrected chi connectivity index (χ1v) is 7.90. The summed E-state index contributed by atoms with van der Waals surface area (Å²) >= 11 is 0. The minimum Gasteiger partial charge on any atom is -0.339 e. The van der Waals surface area contributed by atoms with Crippen LogP contribution in [-0.4, -0.2) is 55.3 Å². The van der Waals surface area contributed by atoms with Gasteiger partial charge in [-0.25, -0.2) is 0 Å². The molecule has 1 aromatic carbocycles. The molecule has 1 aliphatic rings. The lowest BCUT2D eigenvalue weighted by molar-refractivity contribution is -0.116. The van der Waals surface area contributed by atoms with E-state index in [-0.39, 0.29) is 11.8 Å². The number of likely N-dealkylation sites (tertiary alicyclic amines) is 1. The average molecular weight is 303 g/mol. The number of likely N-dealkylation sites (N-methyl/N-ethyl adjacent to an activating group) is 1. The average Bonchev–Trinajstić information content (AvgIpc) is 2.75. The molecule has 1 fully saturated rings. The van der Waals surface area contributed by atoms with E-state index in [1.165, 1.54) is 12.8 Å². The molecule has 1 heterocycles. The highest BCUT2D eigenvalue weighted by Crippen LogP contribution is 2.16. The Morgan fingerprint density at radius 3 is 2.45 bits per heavy atom. The molecule has 0 radical (unpaired) electrons. The van der Waals surface area contributed by atoms with E-state index in [2.05, 4.69) is 5.32 Å². The van der Waals surface area contributed by atoms with E-state index in [9.17, 15) is 9.59 Å². The Bertz CT molecular complexity index is 520. The molecule has 1 aromatic rings. The molecule has 2 amide bonds. The zero-order chi connectivity index (χ0) is 15.9. The number of anilines is 1. The molecule has 0 atom stereocenters. The van der Waals surface area contributed by atoms with Gasteiger partial charge in [-0.05, 0) is 45.1 Å². The van der Waals surface area contributed by atoms with Crippen LogP contribution in [0, 0.1) is 0 Å². The number of hydrogen-bond donors (Lipinski definition) is 1. The summed E-state index contributed by atoms with van der Waals surface area (Å²) in [5.41, 5.74) is 1.32. The van der Waals surface area contributed by atoms with Gasteiger partial charge in [0.2, 0.25) is 5.91 Å². The molecule has 5 heteroatoms. The number of amides is 2. The zero-order valence-electron chi connectivity index (χ0n) is 13.5. The van der Waals surface area contributed by atoms with Crippen molar-refractivity contribution in [2.24, 2.45) is 0 Å². The predicted octanol–water partition coefficient (Wildman–Crippen LogP) is 2.20. The van der Waals surface area contributed by atoms with Crippen LogP contribution in [0.4, 0.5) is 5.69 Å². The van der Waals surface area contributed by atoms with Gasteiger partial charge in [0.25, 0.3) is 5.91 Å². The summed E-state index contributed by atoms with van der Waals surface area (Å²) in [5, 5.41) is 2.83. The molecule has 22 heavy (non-hydrogen) atoms. The Balaban J connectivity index is 2.03. The molecule has 5 nitrogen and oxygen atoms in total. The second-order valence-corrected chi connectivity index (χ2v) is 6.07. The van der Waals surface area contributed by atoms with E-state index in [1.807, 2.05) is 42.1 Å². The van der Waals surface area contributed by atoms with Gasteiger partial charge in [-0.3, -0.25) is 9.59 Å². The Morgan fingerprint density at radius 2 is 1.82 bits per heavy atom. The van der Waals surface area contributed by atoms with Crippen molar-refractivity contribution in [2.75, 3.05) is 39.0 Å². The molecule has 0 unspecified atom stereocenters. The Kier molecular flexibility index (Phi) is 5.95. The second kappa shape index (κ2) is 7.94. The van der Waals surface area contributed by atoms with Crippen molar-refractivity contribution in [3.05, 3.63) is 29.8 Å². The van der Waals surface area contributed by atoms with Gasteiger partial charge in [0, 0.05) is 24.3 Å². The number of nitrogens with zero attached hydrogens (tertiary/aromatic N) is 2. The molecular formula is C17H25N3O2. The Hall–Kier alpha value is -1.88. The standard InChI is InChI=1S/C17H25N3O2/c1-19(2)13-16(21)18-15-9-7-8-14(12-15)17(22)20-10-5-3-4-6-11-20/h7-9,12H,3-6,10-11,13H2,1-2H3,(H,18,21). The number of carbonyl (C=O) groups is 2. The van der Waals surface area contributed by atoms with Crippen molar-refractivity contribution >= 4 is 17.5 Å². The first-order chi connectivity index (χ1) is 10.6. The summed E-state index contributed by atoms with van der Waals surface area (Å²) in [6.45, 7) is 1.98. The lowest BCUT2D eigenvalue weighted by atomic mass is 10.1. The van der Waals surface area contributed by atoms with Gasteiger partial charge >= 0.3 is 0 Å². The number of hydrogen-bond acceptors (Lipinski definition) is 3. The van der Waals surface area contributed by atoms with E-state index >= 15 is 0 Å². The Labute approximate surface area is 132 Å². The number of nitrogens with one attached hydrogen (secondary N) is 1. The molecule has 0 saturated carbocycles. The minimum absolute atomic E-state index is 0.0607. The monoisotopic (exact) mass is 303 g/mol. The first kappa shape index (κ1) is 16.5. The van der Waals surface area contributed by atoms with Gasteiger partial charge < -0.3 is 15.1 Å². The maximum absolute atomic E-state index is 12.6. The van der Waals surface area contributed by atoms with Crippen LogP contribution in [-0.2, 0) is 4.79 Å². The van der Waals surface area contributed by atoms with Crippen LogP contribution in [0.5, 0.6) is 0 Å². The third-order valence-corrected chi connectivity index (χ3v) is 3.75. The first-order valence-electron chi connectivity index (χ1n) is 7.90. The highest BCUT2D eigenvalue weighted by molar-refractivity contribution is 5.97. The largest absolute Gasteiger partial charge is 0.339 e. The molecule has 0 aliphatic carbocycles. The van der Waals surface area contributed by atoms with Crippen molar-refractivity contribution in [1.29, 1.82) is 0 Å². The summed E-state index contributed by atoms with van der Waals surface area (Å²) in [4.78, 5) is 28.1. The molecule has 1 aliphatic heterocycles. The maximum atomic E-state index is 12.6. The normalized spacial score (nSPS) is 15.5. The molecule has 0 aromatic heterocycles. The molecule has 1 N–H and O–H groups in total. The van der Waals surface area contributed by atoms with Gasteiger partial charge in [0.15, 0.2) is 0 Å². The van der Waals surface area contributed by atoms with Crippen LogP contribution in [0.25, 0.3) is 0 Å². The quantitative estimate of drug-likeness (QED) is 0.928. The van der Waals surface area contributed by atoms with Crippen LogP contribution in [0.2, 0.25) is 0 Å². The zero-order valence-corrected chi connectivity index (χ0v) is 13.5. The van der Waals surface area contributed by atoms with Crippen molar-refractivity contribution in [3.8, 4) is 0 Å². The maximum Gasteiger partial charge on any atom is 0.253 e. The topological polar surface area (TPSA) is 52.7 Å². The summed E-state index contributed by atoms with van der Waals surface area (Å²) in [7, 11) is 3.69. The van der Waals surface area contributed by atoms with Crippen LogP contribution in [0.15, 0.2) is 24.3 Å². The summed E-state index contributed by atoms with van der Waals surface area (Å²) in [6.07, 6.45) is 4.55. The van der Waals surface area contributed by atoms with E-state index in [0.29, 0.717) is 17.8 Å². The number of carbonyl (C=O) groups excluding carboxylic acids is 2. The lowest BCUT2D eigenvalue weighted by Gasteiger charge is -2.20. The number of benzene rings is 1. The number of rotatable bonds is 4. The van der Waals surface area contributed by atoms with Crippen molar-refractivity contribution < 1.29 is 9.59 Å². The van der Waals surface area contributed by atoms with E-state index < -0.39 is 0 Å². The van der Waals surface area contributed by atoms with Gasteiger partial charge in [-0.15, -0.1) is 0 Å². The molecule has 2 rings (SSSR count). The van der Waals surface area contributed by atoms with Gasteiger partial charge in [0.1, 0.15) is 0 Å². The van der Waals surface area contributed by atoms with Crippen LogP contribution in [0.1, 0.15) is 36.0 Å².